The van der Waals surface area contributed by atoms with Crippen LogP contribution >= 0.6 is 79.0 Å². The molecule has 0 aliphatic rings. The van der Waals surface area contributed by atoms with E-state index in [9.17, 15) is 50.4 Å². The smallest absolute Gasteiger partial charge is 0.0806 e. The zero-order chi connectivity index (χ0) is 63.3. The fourth-order valence-corrected chi connectivity index (χ4v) is 14.4. The summed E-state index contributed by atoms with van der Waals surface area (Å²) in [6, 6.07) is 0. The fraction of sp³-hybridized carbons (Fsp3) is 0.750. The average molecular weight is 1440 g/mol. The quantitative estimate of drug-likeness (QED) is 0.0601. The van der Waals surface area contributed by atoms with Gasteiger partial charge in [0, 0.05) is 34.1 Å². The third kappa shape index (κ3) is 345. The molecule has 0 heterocycles. The minimum Gasteiger partial charge on any atom is -0.701 e. The Morgan fingerprint density at radius 3 is 0.316 bits per heavy atom. The van der Waals surface area contributed by atoms with Crippen LogP contribution < -0.4 is 0 Å². The van der Waals surface area contributed by atoms with Crippen LogP contribution in [0.3, 0.4) is 0 Å². The Bertz CT molecular complexity index is 1350. The van der Waals surface area contributed by atoms with Crippen LogP contribution in [0, 0.1) is 72.6 Å². The summed E-state index contributed by atoms with van der Waals surface area (Å²) >= 11 is 0. The van der Waals surface area contributed by atoms with Crippen molar-refractivity contribution in [3.05, 3.63) is 38.5 Å². The summed E-state index contributed by atoms with van der Waals surface area (Å²) in [6.07, 6.45) is 50.3. The van der Waals surface area contributed by atoms with E-state index in [0.29, 0.717) is 63.4 Å². The van der Waals surface area contributed by atoms with Crippen molar-refractivity contribution in [1.29, 1.82) is 0 Å². The first kappa shape index (κ1) is 110. The summed E-state index contributed by atoms with van der Waals surface area (Å²) in [5.74, 6) is 3.19. The summed E-state index contributed by atoms with van der Waals surface area (Å²) in [4.78, 5) is 0. The van der Waals surface area contributed by atoms with Crippen LogP contribution in [0.2, 0.25) is 78.6 Å². The first-order valence-electron chi connectivity index (χ1n) is 22.5. The molecule has 0 aromatic carbocycles. The van der Waals surface area contributed by atoms with Crippen LogP contribution in [-0.4, -0.2) is 188 Å². The molecule has 0 aromatic heterocycles. The van der Waals surface area contributed by atoms with Crippen LogP contribution in [0.5, 0.6) is 0 Å². The minimum absolute atomic E-state index is 0. The number of hydrogen-bond acceptors (Lipinski definition) is 0. The van der Waals surface area contributed by atoms with Crippen LogP contribution in [0.25, 0.3) is 0 Å². The van der Waals surface area contributed by atoms with Crippen molar-refractivity contribution in [2.75, 3.05) is 156 Å². The van der Waals surface area contributed by atoms with Crippen molar-refractivity contribution >= 4 is 111 Å². The Kier molecular flexibility index (Phi) is 73.9. The zero-order valence-electron chi connectivity index (χ0n) is 51.4. The van der Waals surface area contributed by atoms with Crippen molar-refractivity contribution in [2.45, 2.75) is 78.6 Å². The monoisotopic (exact) mass is 1440 g/mol. The van der Waals surface area contributed by atoms with Crippen molar-refractivity contribution in [3.63, 3.8) is 0 Å². The molecule has 0 unspecified atom stereocenters. The maximum atomic E-state index is 9.87. The summed E-state index contributed by atoms with van der Waals surface area (Å²) in [5, 5.41) is 0. The van der Waals surface area contributed by atoms with Gasteiger partial charge in [-0.05, 0) is 156 Å². The van der Waals surface area contributed by atoms with Gasteiger partial charge in [-0.25, -0.2) is 0 Å². The van der Waals surface area contributed by atoms with E-state index in [0.717, 1.165) is 0 Å². The van der Waals surface area contributed by atoms with E-state index < -0.39 is 47.9 Å². The normalized spacial score (nSPS) is 12.4. The van der Waals surface area contributed by atoms with Gasteiger partial charge < -0.3 is 72.6 Å². The second kappa shape index (κ2) is 51.0. The number of hydrogen-bond donors (Lipinski definition) is 0. The molecule has 28 heteroatoms. The molecule has 76 heavy (non-hydrogen) atoms. The van der Waals surface area contributed by atoms with Crippen molar-refractivity contribution < 1.29 is 84.5 Å². The first-order valence-corrected chi connectivity index (χ1v) is 59.9. The van der Waals surface area contributed by atoms with Gasteiger partial charge in [-0.3, -0.25) is 0 Å². The molecule has 0 aromatic rings. The summed E-state index contributed by atoms with van der Waals surface area (Å²) < 4.78 is 118. The molecule has 0 bridgehead atoms. The third-order valence-corrected chi connectivity index (χ3v) is 18.9. The molecule has 0 aliphatic heterocycles. The Hall–Kier alpha value is 2.73. The Morgan fingerprint density at radius 2 is 0.303 bits per heavy atom. The molecular weight excluding hydrogens is 1340 g/mol. The predicted molar refractivity (Wildman–Crippen MR) is 352 cm³/mol. The second-order valence-electron chi connectivity index (χ2n) is 22.1. The zero-order valence-corrected chi connectivity index (χ0v) is 66.7. The van der Waals surface area contributed by atoms with Gasteiger partial charge in [0.05, 0.1) is 32.3 Å². The molecule has 0 amide bonds. The minimum atomic E-state index is -10.7. The van der Waals surface area contributed by atoms with E-state index in [-0.39, 0.29) is 34.1 Å². The van der Waals surface area contributed by atoms with E-state index in [1.165, 1.54) is 49.3 Å². The summed E-state index contributed by atoms with van der Waals surface area (Å²) in [5.41, 5.74) is 9.97. The first-order chi connectivity index (χ1) is 31.6. The van der Waals surface area contributed by atoms with Crippen LogP contribution in [0.1, 0.15) is 0 Å². The maximum absolute atomic E-state index is 10.7. The fourth-order valence-electron chi connectivity index (χ4n) is 1.60. The second-order valence-corrected chi connectivity index (χ2v) is 65.8. The van der Waals surface area contributed by atoms with Gasteiger partial charge in [0.15, 0.2) is 0 Å². The Morgan fingerprint density at radius 1 is 0.250 bits per heavy atom. The van der Waals surface area contributed by atoms with Gasteiger partial charge in [-0.2, -0.15) is 0 Å². The van der Waals surface area contributed by atoms with Gasteiger partial charge in [-0.15, -0.1) is 63.4 Å². The molecule has 464 valence electrons. The molecule has 0 saturated heterocycles. The van der Waals surface area contributed by atoms with E-state index in [1.54, 1.807) is 11.8 Å². The molecule has 0 atom stereocenters. The number of rotatable bonds is 12. The van der Waals surface area contributed by atoms with Gasteiger partial charge in [0.2, 0.25) is 0 Å². The number of halogens is 12. The Labute approximate surface area is 499 Å². The topological polar surface area (TPSA) is 0 Å². The third-order valence-electron chi connectivity index (χ3n) is 5.54. The van der Waals surface area contributed by atoms with E-state index in [4.69, 9.17) is 38.5 Å². The van der Waals surface area contributed by atoms with Gasteiger partial charge in [0.1, 0.15) is 0 Å². The molecule has 0 spiro atoms. The molecule has 0 fully saturated rings. The molecule has 2 radical (unpaired) electrons. The van der Waals surface area contributed by atoms with Crippen molar-refractivity contribution in [3.8, 4) is 34.0 Å². The standard InChI is InChI=1S/4C6H16P2.4C5H9Si.C4.2F6P.2Mn/c4*1-7(2)5-6-8(3)4;4*1-5-6(2,3)4;1-3-4-2;2*1-7(2,3,4,5)6;;/h4*5-6H2,1-4H3;4*2-4H3;;;;;/q;;;;4*-1;-2;2*-1;;. The Balaban J connectivity index is -0.0000000523. The largest absolute Gasteiger partial charge is 0.701 e. The van der Waals surface area contributed by atoms with Gasteiger partial charge in [-0.1, -0.05) is 78.6 Å². The van der Waals surface area contributed by atoms with E-state index >= 15 is 0 Å². The van der Waals surface area contributed by atoms with Crippen LogP contribution in [-0.2, 0) is 34.1 Å². The summed E-state index contributed by atoms with van der Waals surface area (Å²) in [7, 11) is -23.1. The maximum Gasteiger partial charge on any atom is 0.0806 e. The summed E-state index contributed by atoms with van der Waals surface area (Å²) in [6.45, 7) is 62.7. The van der Waals surface area contributed by atoms with Gasteiger partial charge in [0.25, 0.3) is 0 Å². The molecule has 0 saturated carbocycles. The average Bonchev–Trinajstić information content (AvgIpc) is 3.13. The SMILES string of the molecule is CP(C)CCP(C)C.CP(C)CCP(C)C.CP(C)CCP(C)C.CP(C)CCP(C)C.F[P-](F)(F)(F)(F)F.F[P-](F)(F)(F)(F)F.[C-]#CC#[C-].[C-]#C[Si](C)(C)C.[C-]#C[Si](C)(C)C.[C-]#C[Si](C)(C)C.[C-]#C[Si](C)(C)C.[Mn].[Mn]. The van der Waals surface area contributed by atoms with Crippen molar-refractivity contribution in [1.82, 2.24) is 0 Å². The molecule has 0 rings (SSSR count). The van der Waals surface area contributed by atoms with E-state index in [2.05, 4.69) is 207 Å². The van der Waals surface area contributed by atoms with Crippen molar-refractivity contribution in [2.24, 2.45) is 0 Å². The molecular formula is C48H100F12Mn2P10Si4-8. The van der Waals surface area contributed by atoms with Crippen LogP contribution in [0.4, 0.5) is 50.4 Å². The molecule has 0 N–H and O–H groups in total. The predicted octanol–water partition coefficient (Wildman–Crippen LogP) is 22.6. The van der Waals surface area contributed by atoms with Crippen LogP contribution in [0.15, 0.2) is 0 Å². The molecule has 0 nitrogen and oxygen atoms in total. The van der Waals surface area contributed by atoms with Gasteiger partial charge >= 0.3 is 66.0 Å². The van der Waals surface area contributed by atoms with E-state index in [1.807, 2.05) is 0 Å². The molecule has 0 aliphatic carbocycles.